The van der Waals surface area contributed by atoms with Gasteiger partial charge in [-0.1, -0.05) is 0 Å². The molecule has 0 spiro atoms. The molecule has 0 bridgehead atoms. The first kappa shape index (κ1) is 13.9. The van der Waals surface area contributed by atoms with E-state index in [0.29, 0.717) is 0 Å². The van der Waals surface area contributed by atoms with E-state index in [1.165, 1.54) is 7.11 Å². The van der Waals surface area contributed by atoms with Gasteiger partial charge in [0.25, 0.3) is 0 Å². The maximum absolute atomic E-state index is 11.2. The van der Waals surface area contributed by atoms with E-state index in [1.807, 2.05) is 0 Å². The third-order valence-corrected chi connectivity index (χ3v) is 3.22. The summed E-state index contributed by atoms with van der Waals surface area (Å²) >= 11 is 0. The normalized spacial score (nSPS) is 10.8. The Labute approximate surface area is 88.5 Å². The van der Waals surface area contributed by atoms with Gasteiger partial charge in [0.1, 0.15) is 5.75 Å². The lowest BCUT2D eigenvalue weighted by molar-refractivity contribution is -0.140. The summed E-state index contributed by atoms with van der Waals surface area (Å²) in [5, 5.41) is 0. The van der Waals surface area contributed by atoms with Crippen molar-refractivity contribution in [2.24, 2.45) is 0 Å². The Morgan fingerprint density at radius 1 is 1.07 bits per heavy atom. The molecule has 0 saturated heterocycles. The monoisotopic (exact) mass is 238 g/mol. The summed E-state index contributed by atoms with van der Waals surface area (Å²) in [6.45, 7) is 0. The molecule has 0 fully saturated rings. The number of hydrogen-bond acceptors (Lipinski definition) is 6. The Kier molecular flexibility index (Phi) is 5.92. The molecule has 0 aromatic carbocycles. The summed E-state index contributed by atoms with van der Waals surface area (Å²) in [6.07, 6.45) is 0.170. The molecule has 0 aliphatic heterocycles. The van der Waals surface area contributed by atoms with Crippen LogP contribution in [0.5, 0.6) is 0 Å². The van der Waals surface area contributed by atoms with E-state index in [4.69, 9.17) is 0 Å². The highest BCUT2D eigenvalue weighted by Gasteiger charge is 2.17. The third-order valence-electron chi connectivity index (χ3n) is 1.63. The second-order valence-corrected chi connectivity index (χ2v) is 5.03. The molecule has 0 atom stereocenters. The van der Waals surface area contributed by atoms with Gasteiger partial charge >= 0.3 is 11.9 Å². The lowest BCUT2D eigenvalue weighted by atomic mass is 10.3. The molecule has 15 heavy (non-hydrogen) atoms. The SMILES string of the molecule is COC(=O)CCCS(=O)(=O)CC(=O)OC. The van der Waals surface area contributed by atoms with Crippen molar-refractivity contribution in [3.05, 3.63) is 0 Å². The second kappa shape index (κ2) is 6.39. The largest absolute Gasteiger partial charge is 0.469 e. The minimum Gasteiger partial charge on any atom is -0.469 e. The van der Waals surface area contributed by atoms with Gasteiger partial charge in [0.15, 0.2) is 9.84 Å². The van der Waals surface area contributed by atoms with Crippen LogP contribution in [-0.4, -0.2) is 46.1 Å². The fourth-order valence-corrected chi connectivity index (χ4v) is 2.05. The molecule has 0 N–H and O–H groups in total. The van der Waals surface area contributed by atoms with Crippen LogP contribution < -0.4 is 0 Å². The number of esters is 2. The van der Waals surface area contributed by atoms with Gasteiger partial charge in [-0.25, -0.2) is 8.42 Å². The van der Waals surface area contributed by atoms with E-state index in [0.717, 1.165) is 7.11 Å². The van der Waals surface area contributed by atoms with Crippen LogP contribution in [0, 0.1) is 0 Å². The maximum Gasteiger partial charge on any atom is 0.320 e. The first-order valence-electron chi connectivity index (χ1n) is 4.25. The minimum atomic E-state index is -3.48. The molecule has 7 heteroatoms. The van der Waals surface area contributed by atoms with E-state index in [2.05, 4.69) is 9.47 Å². The van der Waals surface area contributed by atoms with Gasteiger partial charge < -0.3 is 9.47 Å². The quantitative estimate of drug-likeness (QED) is 0.581. The van der Waals surface area contributed by atoms with Crippen molar-refractivity contribution in [3.63, 3.8) is 0 Å². The molecule has 0 aromatic heterocycles. The zero-order valence-corrected chi connectivity index (χ0v) is 9.50. The fraction of sp³-hybridized carbons (Fsp3) is 0.750. The smallest absolute Gasteiger partial charge is 0.320 e. The number of ether oxygens (including phenoxy) is 2. The van der Waals surface area contributed by atoms with Crippen molar-refractivity contribution in [2.75, 3.05) is 25.7 Å². The van der Waals surface area contributed by atoms with Gasteiger partial charge in [-0.2, -0.15) is 0 Å². The van der Waals surface area contributed by atoms with Gasteiger partial charge in [0, 0.05) is 6.42 Å². The van der Waals surface area contributed by atoms with Gasteiger partial charge in [-0.3, -0.25) is 9.59 Å². The van der Waals surface area contributed by atoms with E-state index in [-0.39, 0.29) is 18.6 Å². The highest BCUT2D eigenvalue weighted by atomic mass is 32.2. The molecule has 0 radical (unpaired) electrons. The number of hydrogen-bond donors (Lipinski definition) is 0. The van der Waals surface area contributed by atoms with Gasteiger partial charge in [-0.15, -0.1) is 0 Å². The molecular weight excluding hydrogens is 224 g/mol. The molecule has 0 unspecified atom stereocenters. The van der Waals surface area contributed by atoms with E-state index >= 15 is 0 Å². The lowest BCUT2D eigenvalue weighted by Gasteiger charge is -2.02. The molecule has 88 valence electrons. The van der Waals surface area contributed by atoms with Crippen LogP contribution in [0.2, 0.25) is 0 Å². The van der Waals surface area contributed by atoms with Crippen molar-refractivity contribution in [3.8, 4) is 0 Å². The second-order valence-electron chi connectivity index (χ2n) is 2.85. The van der Waals surface area contributed by atoms with Crippen molar-refractivity contribution in [2.45, 2.75) is 12.8 Å². The Morgan fingerprint density at radius 2 is 1.60 bits per heavy atom. The molecular formula is C8H14O6S. The Balaban J connectivity index is 3.95. The van der Waals surface area contributed by atoms with Gasteiger partial charge in [0.2, 0.25) is 0 Å². The summed E-state index contributed by atoms with van der Waals surface area (Å²) in [5.74, 6) is -2.14. The number of sulfone groups is 1. The summed E-state index contributed by atoms with van der Waals surface area (Å²) in [5.41, 5.74) is 0. The van der Waals surface area contributed by atoms with E-state index in [9.17, 15) is 18.0 Å². The van der Waals surface area contributed by atoms with Crippen molar-refractivity contribution < 1.29 is 27.5 Å². The summed E-state index contributed by atoms with van der Waals surface area (Å²) in [4.78, 5) is 21.4. The predicted octanol–water partition coefficient (Wildman–Crippen LogP) is -0.473. The summed E-state index contributed by atoms with van der Waals surface area (Å²) in [6, 6.07) is 0. The average Bonchev–Trinajstić information content (AvgIpc) is 2.16. The van der Waals surface area contributed by atoms with Crippen LogP contribution in [0.3, 0.4) is 0 Å². The molecule has 0 heterocycles. The third kappa shape index (κ3) is 6.89. The zero-order chi connectivity index (χ0) is 11.9. The fourth-order valence-electron chi connectivity index (χ4n) is 0.849. The van der Waals surface area contributed by atoms with Crippen LogP contribution in [0.1, 0.15) is 12.8 Å². The number of rotatable bonds is 6. The number of carbonyl (C=O) groups excluding carboxylic acids is 2. The van der Waals surface area contributed by atoms with Crippen molar-refractivity contribution >= 4 is 21.8 Å². The Hall–Kier alpha value is -1.11. The Bertz CT molecular complexity index is 318. The molecule has 0 aliphatic rings. The molecule has 0 aliphatic carbocycles. The summed E-state index contributed by atoms with van der Waals surface area (Å²) in [7, 11) is -1.13. The molecule has 0 amide bonds. The maximum atomic E-state index is 11.2. The summed E-state index contributed by atoms with van der Waals surface area (Å²) < 4.78 is 31.0. The predicted molar refractivity (Wildman–Crippen MR) is 51.9 cm³/mol. The molecule has 0 aromatic rings. The van der Waals surface area contributed by atoms with Gasteiger partial charge in [-0.05, 0) is 6.42 Å². The highest BCUT2D eigenvalue weighted by molar-refractivity contribution is 7.92. The standard InChI is InChI=1S/C8H14O6S/c1-13-7(9)4-3-5-15(11,12)6-8(10)14-2/h3-6H2,1-2H3. The highest BCUT2D eigenvalue weighted by Crippen LogP contribution is 1.99. The minimum absolute atomic E-state index is 0.0247. The number of carbonyl (C=O) groups is 2. The molecule has 0 rings (SSSR count). The van der Waals surface area contributed by atoms with Crippen LogP contribution in [0.15, 0.2) is 0 Å². The van der Waals surface area contributed by atoms with Crippen molar-refractivity contribution in [1.29, 1.82) is 0 Å². The zero-order valence-electron chi connectivity index (χ0n) is 8.69. The molecule has 0 saturated carbocycles. The first-order chi connectivity index (χ1) is 6.91. The van der Waals surface area contributed by atoms with Gasteiger partial charge in [0.05, 0.1) is 20.0 Å². The average molecular weight is 238 g/mol. The topological polar surface area (TPSA) is 86.7 Å². The van der Waals surface area contributed by atoms with Crippen LogP contribution in [-0.2, 0) is 28.9 Å². The molecule has 6 nitrogen and oxygen atoms in total. The van der Waals surface area contributed by atoms with Crippen LogP contribution >= 0.6 is 0 Å². The van der Waals surface area contributed by atoms with E-state index in [1.54, 1.807) is 0 Å². The lowest BCUT2D eigenvalue weighted by Crippen LogP contribution is -2.20. The van der Waals surface area contributed by atoms with Crippen LogP contribution in [0.4, 0.5) is 0 Å². The van der Waals surface area contributed by atoms with E-state index < -0.39 is 27.5 Å². The van der Waals surface area contributed by atoms with Crippen LogP contribution in [0.25, 0.3) is 0 Å². The van der Waals surface area contributed by atoms with Crippen molar-refractivity contribution in [1.82, 2.24) is 0 Å². The first-order valence-corrected chi connectivity index (χ1v) is 6.07. The number of methoxy groups -OCH3 is 2. The Morgan fingerprint density at radius 3 is 2.07 bits per heavy atom.